The fourth-order valence-electron chi connectivity index (χ4n) is 11.0. The van der Waals surface area contributed by atoms with E-state index in [9.17, 15) is 34.6 Å². The quantitative estimate of drug-likeness (QED) is 0.0483. The van der Waals surface area contributed by atoms with Crippen LogP contribution in [0.4, 0.5) is 35.9 Å². The Morgan fingerprint density at radius 3 is 2.07 bits per heavy atom. The van der Waals surface area contributed by atoms with Gasteiger partial charge in [-0.3, -0.25) is 13.8 Å². The average molecular weight is 1230 g/mol. The summed E-state index contributed by atoms with van der Waals surface area (Å²) < 4.78 is 138. The van der Waals surface area contributed by atoms with Gasteiger partial charge in [0.2, 0.25) is 0 Å². The van der Waals surface area contributed by atoms with E-state index in [1.165, 1.54) is 34.8 Å². The Balaban J connectivity index is 0.913. The number of nitrogens with one attached hydrogen (secondary N) is 1. The number of hydrogen-bond acceptors (Lipinski definition) is 13. The number of halogens is 4. The third-order valence-corrected chi connectivity index (χ3v) is 22.2. The van der Waals surface area contributed by atoms with E-state index in [1.807, 2.05) is 99.6 Å². The second-order valence-electron chi connectivity index (χ2n) is 20.9. The number of hydrogen-bond donors (Lipinski definition) is 3. The number of rotatable bonds is 20. The Morgan fingerprint density at radius 2 is 1.46 bits per heavy atom. The standard InChI is InChI=1S/C56H66ClF3N6O10P2S3/c1-39(2)66-40(3)55(80(4,71)72)53(54(66)42-13-15-44(57)16-14-42)43-9-8-10-48(35-43)64-31-29-63(30-32-64)46-17-19-47(20-18-46)65-33-34-75-77(65,67)49-21-22-51(52(36-49)81(73,74)56(58,59)60)61-45(38-79-50-11-6-5-7-12-50)25-28-62-26-23-41(24-27-62)37-76-78(68,69)70/h5-22,35-36,39,41,45,61H,23-34,37-38H2,1-4H3,(H2,68,69,70)/t45-,77+/m1/s1. The third kappa shape index (κ3) is 13.9. The number of piperazine rings is 1. The normalized spacial score (nSPS) is 18.5. The van der Waals surface area contributed by atoms with E-state index in [1.54, 1.807) is 24.3 Å². The van der Waals surface area contributed by atoms with Gasteiger partial charge in [0.05, 0.1) is 41.3 Å². The topological polar surface area (TPSA) is 191 Å². The van der Waals surface area contributed by atoms with Crippen LogP contribution in [0.25, 0.3) is 22.4 Å². The van der Waals surface area contributed by atoms with Gasteiger partial charge in [0.15, 0.2) is 9.84 Å². The van der Waals surface area contributed by atoms with Crippen molar-refractivity contribution in [2.45, 2.75) is 72.3 Å². The van der Waals surface area contributed by atoms with E-state index in [0.717, 1.165) is 39.2 Å². The molecule has 6 aromatic rings. The van der Waals surface area contributed by atoms with Crippen molar-refractivity contribution in [3.63, 3.8) is 0 Å². The van der Waals surface area contributed by atoms with Crippen molar-refractivity contribution in [2.24, 2.45) is 5.92 Å². The minimum atomic E-state index is -6.00. The zero-order chi connectivity index (χ0) is 58.1. The number of sulfone groups is 2. The number of benzene rings is 5. The van der Waals surface area contributed by atoms with Gasteiger partial charge in [-0.2, -0.15) is 13.2 Å². The van der Waals surface area contributed by atoms with Crippen LogP contribution in [0, 0.1) is 12.8 Å². The molecule has 3 saturated heterocycles. The van der Waals surface area contributed by atoms with Crippen molar-refractivity contribution in [1.82, 2.24) is 9.47 Å². The molecule has 9 rings (SSSR count). The molecule has 0 spiro atoms. The highest BCUT2D eigenvalue weighted by atomic mass is 35.5. The molecule has 0 amide bonds. The van der Waals surface area contributed by atoms with Gasteiger partial charge in [-0.05, 0) is 149 Å². The molecule has 5 aromatic carbocycles. The van der Waals surface area contributed by atoms with Crippen molar-refractivity contribution >= 4 is 86.4 Å². The van der Waals surface area contributed by atoms with Gasteiger partial charge in [-0.25, -0.2) is 21.4 Å². The summed E-state index contributed by atoms with van der Waals surface area (Å²) >= 11 is 7.75. The summed E-state index contributed by atoms with van der Waals surface area (Å²) in [5.41, 5.74) is -0.00563. The molecule has 0 saturated carbocycles. The molecule has 0 aliphatic carbocycles. The average Bonchev–Trinajstić information content (AvgIpc) is 4.22. The van der Waals surface area contributed by atoms with Gasteiger partial charge in [0.25, 0.3) is 9.84 Å². The Labute approximate surface area is 481 Å². The number of phosphoric ester groups is 1. The lowest BCUT2D eigenvalue weighted by Gasteiger charge is -2.37. The minimum Gasteiger partial charge on any atom is -0.380 e. The molecule has 2 atom stereocenters. The Hall–Kier alpha value is -4.83. The van der Waals surface area contributed by atoms with Gasteiger partial charge < -0.3 is 38.9 Å². The summed E-state index contributed by atoms with van der Waals surface area (Å²) in [6, 6.07) is 34.9. The molecular weight excluding hydrogens is 1170 g/mol. The van der Waals surface area contributed by atoms with Crippen LogP contribution < -0.4 is 25.1 Å². The number of alkyl halides is 3. The first-order valence-corrected chi connectivity index (χ1v) is 34.4. The van der Waals surface area contributed by atoms with Gasteiger partial charge in [-0.1, -0.05) is 54.1 Å². The Bertz CT molecular complexity index is 3530. The molecule has 3 N–H and O–H groups in total. The first-order chi connectivity index (χ1) is 38.3. The summed E-state index contributed by atoms with van der Waals surface area (Å²) in [4.78, 5) is 25.0. The SMILES string of the molecule is Cc1c(S(C)(=O)=O)c(-c2cccc(N3CCN(c4ccc(N5CCO[P@@]5(=O)c5ccc(N[C@H](CCN6CCC(COP(=O)(O)O)CC6)CSc6ccccc6)c(S(=O)(=O)C(F)(F)F)c5)cc4)CC3)c2)c(-c2ccc(Cl)cc2)n1C(C)C. The van der Waals surface area contributed by atoms with Crippen LogP contribution in [0.3, 0.4) is 0 Å². The van der Waals surface area contributed by atoms with E-state index < -0.39 is 51.5 Å². The number of aromatic nitrogens is 1. The molecule has 1 aromatic heterocycles. The van der Waals surface area contributed by atoms with Crippen molar-refractivity contribution in [3.8, 4) is 22.4 Å². The van der Waals surface area contributed by atoms with Crippen molar-refractivity contribution in [2.75, 3.05) is 97.4 Å². The van der Waals surface area contributed by atoms with Gasteiger partial charge in [-0.15, -0.1) is 11.8 Å². The van der Waals surface area contributed by atoms with Crippen LogP contribution in [-0.2, 0) is 37.9 Å². The van der Waals surface area contributed by atoms with Crippen LogP contribution in [0.15, 0.2) is 136 Å². The fourth-order valence-corrected chi connectivity index (χ4v) is 17.0. The van der Waals surface area contributed by atoms with E-state index in [-0.39, 0.29) is 47.6 Å². The maximum Gasteiger partial charge on any atom is 0.501 e. The minimum absolute atomic E-state index is 0.0303. The molecular formula is C56H66ClF3N6O10P2S3. The van der Waals surface area contributed by atoms with Crippen LogP contribution >= 0.6 is 38.7 Å². The number of nitrogens with zero attached hydrogens (tertiary/aromatic N) is 5. The molecule has 81 heavy (non-hydrogen) atoms. The summed E-state index contributed by atoms with van der Waals surface area (Å²) in [5.74, 6) is 0.303. The summed E-state index contributed by atoms with van der Waals surface area (Å²) in [5, 5.41) is 3.49. The number of phosphoric acid groups is 1. The number of anilines is 4. The molecule has 436 valence electrons. The lowest BCUT2D eigenvalue weighted by Crippen LogP contribution is -2.46. The maximum absolute atomic E-state index is 15.0. The predicted octanol–water partition coefficient (Wildman–Crippen LogP) is 11.5. The molecule has 25 heteroatoms. The van der Waals surface area contributed by atoms with Crippen molar-refractivity contribution in [3.05, 3.63) is 132 Å². The summed E-state index contributed by atoms with van der Waals surface area (Å²) in [7, 11) is -18.4. The second-order valence-corrected chi connectivity index (χ2v) is 29.8. The van der Waals surface area contributed by atoms with Crippen LogP contribution in [0.5, 0.6) is 0 Å². The Kier molecular flexibility index (Phi) is 18.6. The van der Waals surface area contributed by atoms with Gasteiger partial charge in [0.1, 0.15) is 4.90 Å². The maximum atomic E-state index is 15.0. The lowest BCUT2D eigenvalue weighted by atomic mass is 9.97. The highest BCUT2D eigenvalue weighted by molar-refractivity contribution is 7.99. The molecule has 3 aliphatic rings. The molecule has 0 bridgehead atoms. The van der Waals surface area contributed by atoms with E-state index >= 15 is 4.57 Å². The van der Waals surface area contributed by atoms with Crippen LogP contribution in [-0.4, -0.2) is 125 Å². The number of thioether (sulfide) groups is 1. The summed E-state index contributed by atoms with van der Waals surface area (Å²) in [6.07, 6.45) is 2.89. The third-order valence-electron chi connectivity index (χ3n) is 15.0. The summed E-state index contributed by atoms with van der Waals surface area (Å²) in [6.45, 7) is 10.1. The molecule has 4 heterocycles. The highest BCUT2D eigenvalue weighted by Crippen LogP contribution is 2.56. The molecule has 3 fully saturated rings. The first-order valence-electron chi connectivity index (χ1n) is 26.6. The van der Waals surface area contributed by atoms with Gasteiger partial charge >= 0.3 is 20.9 Å². The van der Waals surface area contributed by atoms with E-state index in [4.69, 9.17) is 30.4 Å². The number of likely N-dealkylation sites (tertiary alicyclic amines) is 1. The molecule has 0 radical (unpaired) electrons. The Morgan fingerprint density at radius 1 is 0.815 bits per heavy atom. The zero-order valence-electron chi connectivity index (χ0n) is 45.2. The molecule has 16 nitrogen and oxygen atoms in total. The molecule has 3 aliphatic heterocycles. The van der Waals surface area contributed by atoms with Crippen molar-refractivity contribution in [1.29, 1.82) is 0 Å². The largest absolute Gasteiger partial charge is 0.501 e. The van der Waals surface area contributed by atoms with E-state index in [0.29, 0.717) is 92.8 Å². The smallest absolute Gasteiger partial charge is 0.380 e. The highest BCUT2D eigenvalue weighted by Gasteiger charge is 2.50. The van der Waals surface area contributed by atoms with Gasteiger partial charge in [0, 0.05) is 95.1 Å². The predicted molar refractivity (Wildman–Crippen MR) is 316 cm³/mol. The zero-order valence-corrected chi connectivity index (χ0v) is 50.2. The fraction of sp³-hybridized carbons (Fsp3) is 0.393. The van der Waals surface area contributed by atoms with Crippen molar-refractivity contribution < 1.29 is 58.0 Å². The molecule has 0 unspecified atom stereocenters. The number of piperidine rings is 1. The first kappa shape index (κ1) is 60.8. The van der Waals surface area contributed by atoms with E-state index in [2.05, 4.69) is 24.6 Å². The second kappa shape index (κ2) is 24.8. The monoisotopic (exact) mass is 1230 g/mol. The van der Waals surface area contributed by atoms with Crippen LogP contribution in [0.1, 0.15) is 44.8 Å². The van der Waals surface area contributed by atoms with Crippen LogP contribution in [0.2, 0.25) is 5.02 Å². The lowest BCUT2D eigenvalue weighted by molar-refractivity contribution is -0.0435.